The van der Waals surface area contributed by atoms with Gasteiger partial charge in [-0.25, -0.2) is 0 Å². The highest BCUT2D eigenvalue weighted by Crippen LogP contribution is 2.36. The van der Waals surface area contributed by atoms with Crippen molar-refractivity contribution in [2.45, 2.75) is 6.92 Å². The normalized spacial score (nSPS) is 14.8. The van der Waals surface area contributed by atoms with E-state index in [-0.39, 0.29) is 18.5 Å². The number of ether oxygens (including phenoxy) is 3. The van der Waals surface area contributed by atoms with Crippen molar-refractivity contribution in [2.24, 2.45) is 0 Å². The summed E-state index contributed by atoms with van der Waals surface area (Å²) >= 11 is 0. The number of amides is 1. The number of rotatable bonds is 2. The number of fused-ring (bicyclic) bond motifs is 2. The first-order chi connectivity index (χ1) is 11.6. The number of hydrogen-bond donors (Lipinski definition) is 0. The minimum absolute atomic E-state index is 0.0566. The van der Waals surface area contributed by atoms with Crippen LogP contribution in [-0.2, 0) is 0 Å². The molecular weight excluding hydrogens is 310 g/mol. The predicted molar refractivity (Wildman–Crippen MR) is 86.2 cm³/mol. The summed E-state index contributed by atoms with van der Waals surface area (Å²) in [7, 11) is 0. The van der Waals surface area contributed by atoms with Gasteiger partial charge in [0.05, 0.1) is 12.2 Å². The first-order valence-electron chi connectivity index (χ1n) is 7.63. The molecule has 0 saturated heterocycles. The second-order valence-electron chi connectivity index (χ2n) is 5.61. The standard InChI is InChI=1S/C18H15NO5/c1-11(20)12-2-4-15-14(8-12)19(6-7-22-15)18(21)13-3-5-16-17(9-13)24-10-23-16/h2-5,8-9H,6-7,10H2,1H3. The largest absolute Gasteiger partial charge is 0.490 e. The minimum atomic E-state index is -0.168. The van der Waals surface area contributed by atoms with Gasteiger partial charge in [0.2, 0.25) is 6.79 Å². The molecule has 0 saturated carbocycles. The average molecular weight is 325 g/mol. The summed E-state index contributed by atoms with van der Waals surface area (Å²) in [5.41, 5.74) is 1.65. The molecule has 0 radical (unpaired) electrons. The monoisotopic (exact) mass is 325 g/mol. The lowest BCUT2D eigenvalue weighted by atomic mass is 10.1. The molecule has 0 bridgehead atoms. The van der Waals surface area contributed by atoms with E-state index in [9.17, 15) is 9.59 Å². The van der Waals surface area contributed by atoms with Gasteiger partial charge in [-0.05, 0) is 43.3 Å². The summed E-state index contributed by atoms with van der Waals surface area (Å²) in [5.74, 6) is 1.57. The predicted octanol–water partition coefficient (Wildman–Crippen LogP) is 2.66. The van der Waals surface area contributed by atoms with Crippen LogP contribution in [0.25, 0.3) is 0 Å². The van der Waals surface area contributed by atoms with Crippen LogP contribution in [0.1, 0.15) is 27.6 Å². The molecule has 122 valence electrons. The highest BCUT2D eigenvalue weighted by Gasteiger charge is 2.27. The van der Waals surface area contributed by atoms with Crippen LogP contribution in [0.5, 0.6) is 17.2 Å². The number of nitrogens with zero attached hydrogens (tertiary/aromatic N) is 1. The molecule has 0 atom stereocenters. The topological polar surface area (TPSA) is 65.1 Å². The molecule has 2 heterocycles. The molecule has 2 aromatic rings. The average Bonchev–Trinajstić information content (AvgIpc) is 3.07. The molecule has 6 nitrogen and oxygen atoms in total. The lowest BCUT2D eigenvalue weighted by molar-refractivity contribution is 0.0972. The van der Waals surface area contributed by atoms with Crippen LogP contribution in [0.15, 0.2) is 36.4 Å². The van der Waals surface area contributed by atoms with Crippen molar-refractivity contribution < 1.29 is 23.8 Å². The third-order valence-corrected chi connectivity index (χ3v) is 4.09. The first kappa shape index (κ1) is 14.6. The molecule has 2 aromatic carbocycles. The van der Waals surface area contributed by atoms with E-state index in [0.29, 0.717) is 47.2 Å². The van der Waals surface area contributed by atoms with Crippen LogP contribution < -0.4 is 19.1 Å². The summed E-state index contributed by atoms with van der Waals surface area (Å²) in [6.07, 6.45) is 0. The van der Waals surface area contributed by atoms with Gasteiger partial charge in [-0.1, -0.05) is 0 Å². The van der Waals surface area contributed by atoms with Crippen LogP contribution >= 0.6 is 0 Å². The minimum Gasteiger partial charge on any atom is -0.490 e. The van der Waals surface area contributed by atoms with E-state index in [1.807, 2.05) is 0 Å². The van der Waals surface area contributed by atoms with Gasteiger partial charge in [-0.2, -0.15) is 0 Å². The zero-order valence-electron chi connectivity index (χ0n) is 13.1. The fourth-order valence-electron chi connectivity index (χ4n) is 2.83. The number of carbonyl (C=O) groups is 2. The second kappa shape index (κ2) is 5.56. The molecular formula is C18H15NO5. The van der Waals surface area contributed by atoms with Crippen molar-refractivity contribution in [2.75, 3.05) is 24.8 Å². The van der Waals surface area contributed by atoms with E-state index in [1.54, 1.807) is 41.3 Å². The highest BCUT2D eigenvalue weighted by molar-refractivity contribution is 6.08. The van der Waals surface area contributed by atoms with Crippen LogP contribution in [0, 0.1) is 0 Å². The number of ketones is 1. The van der Waals surface area contributed by atoms with Crippen molar-refractivity contribution in [1.82, 2.24) is 0 Å². The molecule has 0 aromatic heterocycles. The zero-order chi connectivity index (χ0) is 16.7. The van der Waals surface area contributed by atoms with Gasteiger partial charge >= 0.3 is 0 Å². The van der Waals surface area contributed by atoms with Crippen LogP contribution in [0.3, 0.4) is 0 Å². The molecule has 0 aliphatic carbocycles. The molecule has 0 fully saturated rings. The van der Waals surface area contributed by atoms with Crippen molar-refractivity contribution in [1.29, 1.82) is 0 Å². The molecule has 4 rings (SSSR count). The number of benzene rings is 2. The summed E-state index contributed by atoms with van der Waals surface area (Å²) in [5, 5.41) is 0. The van der Waals surface area contributed by atoms with Gasteiger partial charge in [0.25, 0.3) is 5.91 Å². The Morgan fingerprint density at radius 2 is 1.67 bits per heavy atom. The number of anilines is 1. The number of carbonyl (C=O) groups excluding carboxylic acids is 2. The fraction of sp³-hybridized carbons (Fsp3) is 0.222. The van der Waals surface area contributed by atoms with Crippen molar-refractivity contribution >= 4 is 17.4 Å². The first-order valence-corrected chi connectivity index (χ1v) is 7.63. The van der Waals surface area contributed by atoms with E-state index in [2.05, 4.69) is 0 Å². The maximum absolute atomic E-state index is 12.9. The summed E-state index contributed by atoms with van der Waals surface area (Å²) in [6.45, 7) is 2.48. The van der Waals surface area contributed by atoms with Crippen molar-refractivity contribution in [3.63, 3.8) is 0 Å². The molecule has 2 aliphatic heterocycles. The molecule has 24 heavy (non-hydrogen) atoms. The molecule has 0 N–H and O–H groups in total. The third kappa shape index (κ3) is 2.36. The Balaban J connectivity index is 1.71. The quantitative estimate of drug-likeness (QED) is 0.794. The van der Waals surface area contributed by atoms with Gasteiger partial charge in [-0.3, -0.25) is 9.59 Å². The van der Waals surface area contributed by atoms with Crippen LogP contribution in [0.4, 0.5) is 5.69 Å². The summed E-state index contributed by atoms with van der Waals surface area (Å²) in [6, 6.07) is 10.2. The Morgan fingerprint density at radius 3 is 2.50 bits per heavy atom. The maximum atomic E-state index is 12.9. The molecule has 1 amide bonds. The van der Waals surface area contributed by atoms with E-state index in [4.69, 9.17) is 14.2 Å². The fourth-order valence-corrected chi connectivity index (χ4v) is 2.83. The highest BCUT2D eigenvalue weighted by atomic mass is 16.7. The van der Waals surface area contributed by atoms with Crippen molar-refractivity contribution in [3.8, 4) is 17.2 Å². The summed E-state index contributed by atoms with van der Waals surface area (Å²) in [4.78, 5) is 26.2. The Bertz CT molecular complexity index is 845. The van der Waals surface area contributed by atoms with Gasteiger partial charge < -0.3 is 19.1 Å². The molecule has 0 unspecified atom stereocenters. The Morgan fingerprint density at radius 1 is 0.917 bits per heavy atom. The van der Waals surface area contributed by atoms with Gasteiger partial charge in [0.15, 0.2) is 17.3 Å². The summed E-state index contributed by atoms with van der Waals surface area (Å²) < 4.78 is 16.2. The Labute approximate surface area is 138 Å². The Hall–Kier alpha value is -3.02. The van der Waals surface area contributed by atoms with Gasteiger partial charge in [0, 0.05) is 11.1 Å². The third-order valence-electron chi connectivity index (χ3n) is 4.09. The van der Waals surface area contributed by atoms with Crippen LogP contribution in [0.2, 0.25) is 0 Å². The molecule has 0 spiro atoms. The SMILES string of the molecule is CC(=O)c1ccc2c(c1)N(C(=O)c1ccc3c(c1)OCO3)CCO2. The maximum Gasteiger partial charge on any atom is 0.258 e. The number of hydrogen-bond acceptors (Lipinski definition) is 5. The Kier molecular flexibility index (Phi) is 3.37. The van der Waals surface area contributed by atoms with Gasteiger partial charge in [-0.15, -0.1) is 0 Å². The van der Waals surface area contributed by atoms with E-state index in [0.717, 1.165) is 0 Å². The lowest BCUT2D eigenvalue weighted by Crippen LogP contribution is -2.38. The second-order valence-corrected chi connectivity index (χ2v) is 5.61. The van der Waals surface area contributed by atoms with E-state index < -0.39 is 0 Å². The zero-order valence-corrected chi connectivity index (χ0v) is 13.1. The number of Topliss-reactive ketones (excluding diaryl/α,β-unsaturated/α-hetero) is 1. The van der Waals surface area contributed by atoms with E-state index >= 15 is 0 Å². The van der Waals surface area contributed by atoms with Crippen LogP contribution in [-0.4, -0.2) is 31.6 Å². The lowest BCUT2D eigenvalue weighted by Gasteiger charge is -2.30. The molecule has 6 heteroatoms. The van der Waals surface area contributed by atoms with Gasteiger partial charge in [0.1, 0.15) is 12.4 Å². The smallest absolute Gasteiger partial charge is 0.258 e. The van der Waals surface area contributed by atoms with Crippen molar-refractivity contribution in [3.05, 3.63) is 47.5 Å². The molecule has 2 aliphatic rings. The van der Waals surface area contributed by atoms with E-state index in [1.165, 1.54) is 6.92 Å².